The summed E-state index contributed by atoms with van der Waals surface area (Å²) in [5.41, 5.74) is 2.77. The maximum Gasteiger partial charge on any atom is 0.339 e. The predicted octanol–water partition coefficient (Wildman–Crippen LogP) is 3.84. The van der Waals surface area contributed by atoms with Crippen LogP contribution in [0.15, 0.2) is 59.5 Å². The second-order valence-corrected chi connectivity index (χ2v) is 7.40. The minimum Gasteiger partial charge on any atom is -0.452 e. The van der Waals surface area contributed by atoms with Crippen LogP contribution in [-0.2, 0) is 9.53 Å². The van der Waals surface area contributed by atoms with E-state index in [-0.39, 0.29) is 12.5 Å². The average molecular weight is 378 g/mol. The lowest BCUT2D eigenvalue weighted by molar-refractivity contribution is -0.121. The van der Waals surface area contributed by atoms with E-state index in [4.69, 9.17) is 4.74 Å². The van der Waals surface area contributed by atoms with Crippen LogP contribution in [0.5, 0.6) is 0 Å². The summed E-state index contributed by atoms with van der Waals surface area (Å²) in [6.07, 6.45) is 0. The van der Waals surface area contributed by atoms with Crippen LogP contribution in [-0.4, -0.2) is 35.8 Å². The van der Waals surface area contributed by atoms with Gasteiger partial charge in [0, 0.05) is 28.3 Å². The van der Waals surface area contributed by atoms with E-state index >= 15 is 0 Å². The number of anilines is 1. The third kappa shape index (κ3) is 3.53. The SMILES string of the molecule is Cc1cc(C(=O)OCC(=O)N2CCSc3ccccc32)c2ccccc2n1. The van der Waals surface area contributed by atoms with Crippen molar-refractivity contribution in [1.29, 1.82) is 0 Å². The lowest BCUT2D eigenvalue weighted by atomic mass is 10.1. The van der Waals surface area contributed by atoms with Gasteiger partial charge in [-0.2, -0.15) is 0 Å². The van der Waals surface area contributed by atoms with Crippen molar-refractivity contribution >= 4 is 40.2 Å². The number of rotatable bonds is 3. The van der Waals surface area contributed by atoms with Crippen molar-refractivity contribution in [1.82, 2.24) is 4.98 Å². The number of thioether (sulfide) groups is 1. The van der Waals surface area contributed by atoms with Crippen LogP contribution in [0, 0.1) is 6.92 Å². The molecule has 0 aliphatic carbocycles. The molecule has 136 valence electrons. The van der Waals surface area contributed by atoms with Gasteiger partial charge in [0.2, 0.25) is 0 Å². The number of esters is 1. The molecule has 0 saturated heterocycles. The summed E-state index contributed by atoms with van der Waals surface area (Å²) >= 11 is 1.73. The van der Waals surface area contributed by atoms with Crippen molar-refractivity contribution < 1.29 is 14.3 Å². The van der Waals surface area contributed by atoms with E-state index in [0.717, 1.165) is 32.9 Å². The van der Waals surface area contributed by atoms with Crippen LogP contribution >= 0.6 is 11.8 Å². The number of aryl methyl sites for hydroxylation is 1. The van der Waals surface area contributed by atoms with Crippen molar-refractivity contribution in [3.63, 3.8) is 0 Å². The zero-order valence-electron chi connectivity index (χ0n) is 14.8. The third-order valence-electron chi connectivity index (χ3n) is 4.42. The summed E-state index contributed by atoms with van der Waals surface area (Å²) in [6.45, 7) is 2.15. The number of ether oxygens (including phenoxy) is 1. The Morgan fingerprint density at radius 1 is 1.15 bits per heavy atom. The molecule has 1 aliphatic rings. The van der Waals surface area contributed by atoms with Gasteiger partial charge in [0.05, 0.1) is 16.8 Å². The fourth-order valence-electron chi connectivity index (χ4n) is 3.19. The Hall–Kier alpha value is -2.86. The molecule has 0 bridgehead atoms. The number of amides is 1. The molecule has 0 unspecified atom stereocenters. The van der Waals surface area contributed by atoms with Crippen LogP contribution in [0.1, 0.15) is 16.1 Å². The number of carbonyl (C=O) groups excluding carboxylic acids is 2. The molecule has 2 heterocycles. The van der Waals surface area contributed by atoms with Crippen molar-refractivity contribution in [2.75, 3.05) is 23.8 Å². The molecule has 0 radical (unpaired) electrons. The minimum absolute atomic E-state index is 0.216. The monoisotopic (exact) mass is 378 g/mol. The number of aromatic nitrogens is 1. The minimum atomic E-state index is -0.510. The first-order valence-electron chi connectivity index (χ1n) is 8.69. The van der Waals surface area contributed by atoms with Gasteiger partial charge in [-0.25, -0.2) is 4.79 Å². The Balaban J connectivity index is 1.52. The smallest absolute Gasteiger partial charge is 0.339 e. The standard InChI is InChI=1S/C21H18N2O3S/c1-14-12-16(15-6-2-3-7-17(15)22-14)21(25)26-13-20(24)23-10-11-27-19-9-5-4-8-18(19)23/h2-9,12H,10-11,13H2,1H3. The van der Waals surface area contributed by atoms with Gasteiger partial charge < -0.3 is 9.64 Å². The summed E-state index contributed by atoms with van der Waals surface area (Å²) < 4.78 is 5.36. The van der Waals surface area contributed by atoms with E-state index in [9.17, 15) is 9.59 Å². The molecule has 0 spiro atoms. The van der Waals surface area contributed by atoms with Gasteiger partial charge in [0.15, 0.2) is 6.61 Å². The molecule has 0 fully saturated rings. The Kier molecular flexibility index (Phi) is 4.81. The molecule has 0 N–H and O–H groups in total. The van der Waals surface area contributed by atoms with Crippen molar-refractivity contribution in [3.05, 3.63) is 65.9 Å². The maximum atomic E-state index is 12.7. The molecule has 0 atom stereocenters. The molecule has 1 aliphatic heterocycles. The maximum absolute atomic E-state index is 12.7. The van der Waals surface area contributed by atoms with Gasteiger partial charge in [0.1, 0.15) is 0 Å². The normalized spacial score (nSPS) is 13.3. The largest absolute Gasteiger partial charge is 0.452 e. The number of fused-ring (bicyclic) bond motifs is 2. The molecule has 1 amide bonds. The molecular formula is C21H18N2O3S. The Bertz CT molecular complexity index is 1030. The van der Waals surface area contributed by atoms with Crippen LogP contribution in [0.4, 0.5) is 5.69 Å². The molecule has 5 nitrogen and oxygen atoms in total. The van der Waals surface area contributed by atoms with Crippen molar-refractivity contribution in [3.8, 4) is 0 Å². The number of hydrogen-bond acceptors (Lipinski definition) is 5. The lowest BCUT2D eigenvalue weighted by Gasteiger charge is -2.28. The summed E-state index contributed by atoms with van der Waals surface area (Å²) in [5, 5.41) is 0.722. The highest BCUT2D eigenvalue weighted by Crippen LogP contribution is 2.34. The van der Waals surface area contributed by atoms with Crippen LogP contribution < -0.4 is 4.90 Å². The topological polar surface area (TPSA) is 59.5 Å². The number of nitrogens with zero attached hydrogens (tertiary/aromatic N) is 2. The highest BCUT2D eigenvalue weighted by Gasteiger charge is 2.24. The van der Waals surface area contributed by atoms with Gasteiger partial charge in [0.25, 0.3) is 5.91 Å². The van der Waals surface area contributed by atoms with E-state index in [1.807, 2.05) is 55.5 Å². The van der Waals surface area contributed by atoms with Gasteiger partial charge in [-0.15, -0.1) is 11.8 Å². The van der Waals surface area contributed by atoms with Crippen molar-refractivity contribution in [2.24, 2.45) is 0 Å². The summed E-state index contributed by atoms with van der Waals surface area (Å²) in [7, 11) is 0. The second-order valence-electron chi connectivity index (χ2n) is 6.27. The first-order chi connectivity index (χ1) is 13.1. The third-order valence-corrected chi connectivity index (χ3v) is 5.46. The zero-order chi connectivity index (χ0) is 18.8. The summed E-state index contributed by atoms with van der Waals surface area (Å²) in [5.74, 6) is 0.0983. The Morgan fingerprint density at radius 2 is 1.93 bits per heavy atom. The molecule has 27 heavy (non-hydrogen) atoms. The van der Waals surface area contributed by atoms with E-state index in [2.05, 4.69) is 4.98 Å². The molecule has 2 aromatic carbocycles. The molecule has 1 aromatic heterocycles. The molecule has 6 heteroatoms. The number of hydrogen-bond donors (Lipinski definition) is 0. The number of pyridine rings is 1. The quantitative estimate of drug-likeness (QED) is 0.648. The predicted molar refractivity (Wildman–Crippen MR) is 106 cm³/mol. The summed E-state index contributed by atoms with van der Waals surface area (Å²) in [4.78, 5) is 32.5. The van der Waals surface area contributed by atoms with Crippen LogP contribution in [0.25, 0.3) is 10.9 Å². The Morgan fingerprint density at radius 3 is 2.81 bits per heavy atom. The highest BCUT2D eigenvalue weighted by atomic mass is 32.2. The summed E-state index contributed by atoms with van der Waals surface area (Å²) in [6, 6.07) is 16.9. The number of benzene rings is 2. The van der Waals surface area contributed by atoms with Crippen LogP contribution in [0.2, 0.25) is 0 Å². The Labute approximate surface area is 161 Å². The average Bonchev–Trinajstić information content (AvgIpc) is 2.70. The first-order valence-corrected chi connectivity index (χ1v) is 9.68. The van der Waals surface area contributed by atoms with Crippen molar-refractivity contribution in [2.45, 2.75) is 11.8 Å². The van der Waals surface area contributed by atoms with Gasteiger partial charge in [-0.05, 0) is 31.2 Å². The highest BCUT2D eigenvalue weighted by molar-refractivity contribution is 7.99. The van der Waals surface area contributed by atoms with E-state index < -0.39 is 5.97 Å². The first kappa shape index (κ1) is 17.5. The fourth-order valence-corrected chi connectivity index (χ4v) is 4.18. The van der Waals surface area contributed by atoms with Gasteiger partial charge >= 0.3 is 5.97 Å². The zero-order valence-corrected chi connectivity index (χ0v) is 15.7. The van der Waals surface area contributed by atoms with Crippen LogP contribution in [0.3, 0.4) is 0 Å². The van der Waals surface area contributed by atoms with E-state index in [1.54, 1.807) is 22.7 Å². The molecular weight excluding hydrogens is 360 g/mol. The molecule has 3 aromatic rings. The lowest BCUT2D eigenvalue weighted by Crippen LogP contribution is -2.38. The molecule has 0 saturated carbocycles. The van der Waals surface area contributed by atoms with E-state index in [0.29, 0.717) is 12.1 Å². The second kappa shape index (κ2) is 7.40. The number of carbonyl (C=O) groups is 2. The van der Waals surface area contributed by atoms with Gasteiger partial charge in [-0.1, -0.05) is 30.3 Å². The van der Waals surface area contributed by atoms with Gasteiger partial charge in [-0.3, -0.25) is 9.78 Å². The molecule has 4 rings (SSSR count). The van der Waals surface area contributed by atoms with E-state index in [1.165, 1.54) is 0 Å². The number of para-hydroxylation sites is 2. The fraction of sp³-hybridized carbons (Fsp3) is 0.190.